The molecule has 1 aliphatic carbocycles. The first kappa shape index (κ1) is 24.7. The summed E-state index contributed by atoms with van der Waals surface area (Å²) in [6, 6.07) is 5.52. The molecule has 1 aliphatic heterocycles. The van der Waals surface area contributed by atoms with Crippen LogP contribution in [0.4, 0.5) is 0 Å². The third-order valence-corrected chi connectivity index (χ3v) is 8.20. The maximum absolute atomic E-state index is 13.2. The minimum Gasteiger partial charge on any atom is -0.348 e. The van der Waals surface area contributed by atoms with Gasteiger partial charge in [0.25, 0.3) is 0 Å². The third kappa shape index (κ3) is 5.88. The second-order valence-corrected chi connectivity index (χ2v) is 10.9. The van der Waals surface area contributed by atoms with Crippen molar-refractivity contribution in [3.05, 3.63) is 29.3 Å². The molecule has 1 saturated heterocycles. The van der Waals surface area contributed by atoms with Crippen LogP contribution in [-0.2, 0) is 32.5 Å². The fraction of sp³-hybridized carbons (Fsp3) is 0.652. The van der Waals surface area contributed by atoms with Crippen molar-refractivity contribution in [3.8, 4) is 0 Å². The summed E-state index contributed by atoms with van der Waals surface area (Å²) in [5.41, 5.74) is 2.41. The third-order valence-electron chi connectivity index (χ3n) is 6.31. The van der Waals surface area contributed by atoms with Gasteiger partial charge in [-0.1, -0.05) is 13.0 Å². The van der Waals surface area contributed by atoms with Crippen LogP contribution in [0.15, 0.2) is 23.1 Å². The molecule has 1 fully saturated rings. The van der Waals surface area contributed by atoms with E-state index in [2.05, 4.69) is 0 Å². The van der Waals surface area contributed by atoms with Gasteiger partial charge in [-0.2, -0.15) is 4.31 Å². The van der Waals surface area contributed by atoms with Crippen molar-refractivity contribution in [1.29, 1.82) is 0 Å². The van der Waals surface area contributed by atoms with Gasteiger partial charge in [-0.25, -0.2) is 8.42 Å². The van der Waals surface area contributed by atoms with Crippen LogP contribution in [0, 0.1) is 0 Å². The number of piperazine rings is 1. The van der Waals surface area contributed by atoms with Crippen LogP contribution in [0.5, 0.6) is 0 Å². The number of amides is 2. The maximum Gasteiger partial charge on any atom is 0.243 e. The van der Waals surface area contributed by atoms with Gasteiger partial charge < -0.3 is 9.80 Å². The molecule has 1 aromatic rings. The van der Waals surface area contributed by atoms with E-state index in [9.17, 15) is 18.0 Å². The van der Waals surface area contributed by atoms with Gasteiger partial charge in [0.15, 0.2) is 0 Å². The Morgan fingerprint density at radius 2 is 1.62 bits per heavy atom. The second-order valence-electron chi connectivity index (χ2n) is 8.92. The Balaban J connectivity index is 1.58. The standard InChI is InChI=1S/C23H36N4O4S/c1-4-11-25(17-22(28)24(2)3)18-23(29)26-12-14-27(15-13-26)32(30,31)21-10-9-19-7-5-6-8-20(19)16-21/h9-10,16H,4-8,11-15,17-18H2,1-3H3. The fourth-order valence-electron chi connectivity index (χ4n) is 4.35. The predicted molar refractivity (Wildman–Crippen MR) is 124 cm³/mol. The number of carbonyl (C=O) groups is 2. The van der Waals surface area contributed by atoms with Gasteiger partial charge in [0.1, 0.15) is 0 Å². The summed E-state index contributed by atoms with van der Waals surface area (Å²) >= 11 is 0. The van der Waals surface area contributed by atoms with E-state index in [4.69, 9.17) is 0 Å². The molecule has 1 heterocycles. The lowest BCUT2D eigenvalue weighted by Crippen LogP contribution is -2.53. The molecule has 0 aromatic heterocycles. The zero-order valence-electron chi connectivity index (χ0n) is 19.5. The minimum atomic E-state index is -3.57. The van der Waals surface area contributed by atoms with Crippen molar-refractivity contribution < 1.29 is 18.0 Å². The van der Waals surface area contributed by atoms with Crippen LogP contribution in [0.1, 0.15) is 37.3 Å². The molecular formula is C23H36N4O4S. The van der Waals surface area contributed by atoms with Crippen LogP contribution in [0.3, 0.4) is 0 Å². The monoisotopic (exact) mass is 464 g/mol. The number of hydrogen-bond donors (Lipinski definition) is 0. The molecule has 32 heavy (non-hydrogen) atoms. The molecule has 2 amide bonds. The van der Waals surface area contributed by atoms with E-state index in [1.54, 1.807) is 25.1 Å². The van der Waals surface area contributed by atoms with Crippen molar-refractivity contribution in [2.75, 3.05) is 59.9 Å². The van der Waals surface area contributed by atoms with Crippen molar-refractivity contribution >= 4 is 21.8 Å². The van der Waals surface area contributed by atoms with Crippen LogP contribution in [-0.4, -0.2) is 99.1 Å². The Hall–Kier alpha value is -1.97. The van der Waals surface area contributed by atoms with Crippen molar-refractivity contribution in [1.82, 2.24) is 19.0 Å². The van der Waals surface area contributed by atoms with Crippen LogP contribution in [0.25, 0.3) is 0 Å². The summed E-state index contributed by atoms with van der Waals surface area (Å²) in [4.78, 5) is 30.3. The number of aryl methyl sites for hydroxylation is 2. The predicted octanol–water partition coefficient (Wildman–Crippen LogP) is 1.20. The first-order valence-electron chi connectivity index (χ1n) is 11.5. The first-order valence-corrected chi connectivity index (χ1v) is 13.0. The number of likely N-dealkylation sites (N-methyl/N-ethyl adjacent to an activating group) is 1. The van der Waals surface area contributed by atoms with Gasteiger partial charge in [-0.15, -0.1) is 0 Å². The van der Waals surface area contributed by atoms with Gasteiger partial charge in [0.2, 0.25) is 21.8 Å². The molecule has 9 heteroatoms. The zero-order valence-corrected chi connectivity index (χ0v) is 20.4. The fourth-order valence-corrected chi connectivity index (χ4v) is 5.82. The maximum atomic E-state index is 13.2. The van der Waals surface area contributed by atoms with E-state index in [1.807, 2.05) is 24.0 Å². The van der Waals surface area contributed by atoms with E-state index in [0.29, 0.717) is 24.5 Å². The Morgan fingerprint density at radius 1 is 0.969 bits per heavy atom. The highest BCUT2D eigenvalue weighted by Crippen LogP contribution is 2.26. The quantitative estimate of drug-likeness (QED) is 0.578. The van der Waals surface area contributed by atoms with Crippen molar-refractivity contribution in [3.63, 3.8) is 0 Å². The summed E-state index contributed by atoms with van der Waals surface area (Å²) < 4.78 is 27.8. The molecule has 0 N–H and O–H groups in total. The highest BCUT2D eigenvalue weighted by Gasteiger charge is 2.31. The molecule has 1 aromatic carbocycles. The second kappa shape index (κ2) is 10.8. The lowest BCUT2D eigenvalue weighted by atomic mass is 9.92. The van der Waals surface area contributed by atoms with E-state index >= 15 is 0 Å². The van der Waals surface area contributed by atoms with E-state index < -0.39 is 10.0 Å². The molecule has 3 rings (SSSR count). The van der Waals surface area contributed by atoms with Crippen LogP contribution < -0.4 is 0 Å². The Kier molecular flexibility index (Phi) is 8.30. The molecule has 0 unspecified atom stereocenters. The molecule has 178 valence electrons. The average molecular weight is 465 g/mol. The lowest BCUT2D eigenvalue weighted by molar-refractivity contribution is -0.135. The number of sulfonamides is 1. The van der Waals surface area contributed by atoms with E-state index in [-0.39, 0.29) is 38.0 Å². The number of fused-ring (bicyclic) bond motifs is 1. The Bertz CT molecular complexity index is 924. The molecule has 0 radical (unpaired) electrons. The number of nitrogens with zero attached hydrogens (tertiary/aromatic N) is 4. The molecule has 0 atom stereocenters. The highest BCUT2D eigenvalue weighted by molar-refractivity contribution is 7.89. The topological polar surface area (TPSA) is 81.2 Å². The average Bonchev–Trinajstić information content (AvgIpc) is 2.78. The van der Waals surface area contributed by atoms with Crippen molar-refractivity contribution in [2.24, 2.45) is 0 Å². The largest absolute Gasteiger partial charge is 0.348 e. The smallest absolute Gasteiger partial charge is 0.243 e. The normalized spacial score (nSPS) is 17.3. The van der Waals surface area contributed by atoms with Crippen molar-refractivity contribution in [2.45, 2.75) is 43.9 Å². The molecule has 0 saturated carbocycles. The van der Waals surface area contributed by atoms with Gasteiger partial charge in [-0.3, -0.25) is 14.5 Å². The molecular weight excluding hydrogens is 428 g/mol. The molecule has 2 aliphatic rings. The Morgan fingerprint density at radius 3 is 2.25 bits per heavy atom. The number of carbonyl (C=O) groups excluding carboxylic acids is 2. The number of rotatable bonds is 8. The Labute approximate surface area is 192 Å². The van der Waals surface area contributed by atoms with Crippen LogP contribution in [0.2, 0.25) is 0 Å². The SMILES string of the molecule is CCCN(CC(=O)N(C)C)CC(=O)N1CCN(S(=O)(=O)c2ccc3c(c2)CCCC3)CC1. The molecule has 0 bridgehead atoms. The first-order chi connectivity index (χ1) is 15.2. The summed E-state index contributed by atoms with van der Waals surface area (Å²) in [6.45, 7) is 4.37. The highest BCUT2D eigenvalue weighted by atomic mass is 32.2. The van der Waals surface area contributed by atoms with E-state index in [1.165, 1.54) is 14.8 Å². The number of hydrogen-bond acceptors (Lipinski definition) is 5. The minimum absolute atomic E-state index is 0.0350. The summed E-state index contributed by atoms with van der Waals surface area (Å²) in [6.07, 6.45) is 5.07. The number of benzene rings is 1. The molecule has 0 spiro atoms. The summed E-state index contributed by atoms with van der Waals surface area (Å²) in [5, 5.41) is 0. The lowest BCUT2D eigenvalue weighted by Gasteiger charge is -2.35. The zero-order chi connectivity index (χ0) is 23.3. The van der Waals surface area contributed by atoms with Gasteiger partial charge >= 0.3 is 0 Å². The van der Waals surface area contributed by atoms with Gasteiger partial charge in [0.05, 0.1) is 18.0 Å². The summed E-state index contributed by atoms with van der Waals surface area (Å²) in [7, 11) is -0.157. The van der Waals surface area contributed by atoms with Crippen LogP contribution >= 0.6 is 0 Å². The molecule has 8 nitrogen and oxygen atoms in total. The van der Waals surface area contributed by atoms with Gasteiger partial charge in [0, 0.05) is 40.3 Å². The summed E-state index contributed by atoms with van der Waals surface area (Å²) in [5.74, 6) is -0.0944. The van der Waals surface area contributed by atoms with E-state index in [0.717, 1.165) is 37.7 Å². The van der Waals surface area contributed by atoms with Gasteiger partial charge in [-0.05, 0) is 61.9 Å².